The quantitative estimate of drug-likeness (QED) is 0.836. The summed E-state index contributed by atoms with van der Waals surface area (Å²) >= 11 is 11.4. The van der Waals surface area contributed by atoms with E-state index in [-0.39, 0.29) is 16.6 Å². The van der Waals surface area contributed by atoms with E-state index < -0.39 is 28.7 Å². The molecule has 21 heavy (non-hydrogen) atoms. The monoisotopic (exact) mass is 331 g/mol. The number of nitrogens with zero attached hydrogens (tertiary/aromatic N) is 2. The number of carboxylic acid groups (broad SMARTS) is 1. The molecule has 2 aromatic rings. The molecule has 0 radical (unpaired) electrons. The van der Waals surface area contributed by atoms with Crippen molar-refractivity contribution in [3.05, 3.63) is 46.1 Å². The Morgan fingerprint density at radius 3 is 2.67 bits per heavy atom. The van der Waals surface area contributed by atoms with E-state index >= 15 is 0 Å². The number of nitrogens with two attached hydrogens (primary N) is 1. The molecule has 2 aromatic heterocycles. The van der Waals surface area contributed by atoms with Crippen LogP contribution in [0.4, 0.5) is 10.1 Å². The van der Waals surface area contributed by atoms with Gasteiger partial charge in [0.2, 0.25) is 17.9 Å². The van der Waals surface area contributed by atoms with E-state index in [9.17, 15) is 14.3 Å². The average molecular weight is 332 g/mol. The Balaban J connectivity index is 2.47. The lowest BCUT2D eigenvalue weighted by molar-refractivity contribution is -0.145. The maximum atomic E-state index is 13.5. The first-order valence-corrected chi connectivity index (χ1v) is 6.27. The molecule has 0 aliphatic rings. The van der Waals surface area contributed by atoms with Crippen molar-refractivity contribution in [1.29, 1.82) is 0 Å². The summed E-state index contributed by atoms with van der Waals surface area (Å²) in [6, 6.07) is 4.64. The van der Waals surface area contributed by atoms with Crippen LogP contribution >= 0.6 is 23.2 Å². The van der Waals surface area contributed by atoms with E-state index in [1.54, 1.807) is 12.1 Å². The molecule has 3 N–H and O–H groups in total. The number of hydrogen-bond donors (Lipinski definition) is 2. The van der Waals surface area contributed by atoms with Crippen LogP contribution in [0.1, 0.15) is 11.8 Å². The highest BCUT2D eigenvalue weighted by Crippen LogP contribution is 2.35. The van der Waals surface area contributed by atoms with Crippen molar-refractivity contribution in [1.82, 2.24) is 9.97 Å². The van der Waals surface area contributed by atoms with Crippen molar-refractivity contribution in [2.24, 2.45) is 0 Å². The Morgan fingerprint density at radius 2 is 2.10 bits per heavy atom. The summed E-state index contributed by atoms with van der Waals surface area (Å²) < 4.78 is 18.7. The van der Waals surface area contributed by atoms with Crippen LogP contribution in [-0.2, 0) is 4.79 Å². The van der Waals surface area contributed by atoms with E-state index in [2.05, 4.69) is 9.97 Å². The molecule has 1 atom stereocenters. The van der Waals surface area contributed by atoms with Gasteiger partial charge in [0, 0.05) is 12.3 Å². The standard InChI is InChI=1S/C12H8Cl2FN3O3/c13-6-8(16)7(14)11(15)18-9(6)10(12(19)20)21-5-3-1-2-4-17-5/h1-4,10H,(H2,16,18)(H,19,20). The SMILES string of the molecule is Nc1c(Cl)c(F)nc(C(Oc2ccccn2)C(=O)O)c1Cl. The molecule has 0 bridgehead atoms. The lowest BCUT2D eigenvalue weighted by Gasteiger charge is -2.16. The molecule has 0 amide bonds. The maximum Gasteiger partial charge on any atom is 0.351 e. The Bertz CT molecular complexity index is 685. The summed E-state index contributed by atoms with van der Waals surface area (Å²) in [4.78, 5) is 18.5. The predicted molar refractivity (Wildman–Crippen MR) is 73.9 cm³/mol. The van der Waals surface area contributed by atoms with Crippen molar-refractivity contribution >= 4 is 34.9 Å². The molecule has 0 aromatic carbocycles. The fourth-order valence-corrected chi connectivity index (χ4v) is 1.90. The molecular weight excluding hydrogens is 324 g/mol. The Morgan fingerprint density at radius 1 is 1.38 bits per heavy atom. The van der Waals surface area contributed by atoms with Gasteiger partial charge in [0.1, 0.15) is 10.7 Å². The second-order valence-corrected chi connectivity index (χ2v) is 4.59. The normalized spacial score (nSPS) is 12.0. The van der Waals surface area contributed by atoms with Crippen LogP contribution < -0.4 is 10.5 Å². The van der Waals surface area contributed by atoms with Crippen molar-refractivity contribution in [2.45, 2.75) is 6.10 Å². The Kier molecular flexibility index (Phi) is 4.44. The lowest BCUT2D eigenvalue weighted by Crippen LogP contribution is -2.21. The van der Waals surface area contributed by atoms with Gasteiger partial charge in [-0.25, -0.2) is 14.8 Å². The zero-order valence-electron chi connectivity index (χ0n) is 10.3. The third-order valence-corrected chi connectivity index (χ3v) is 3.20. The van der Waals surface area contributed by atoms with E-state index in [0.29, 0.717) is 0 Å². The average Bonchev–Trinajstić information content (AvgIpc) is 2.47. The first-order valence-electron chi connectivity index (χ1n) is 5.52. The fourth-order valence-electron chi connectivity index (χ4n) is 1.48. The second kappa shape index (κ2) is 6.11. The van der Waals surface area contributed by atoms with Crippen LogP contribution in [0.3, 0.4) is 0 Å². The van der Waals surface area contributed by atoms with E-state index in [1.165, 1.54) is 12.3 Å². The first-order chi connectivity index (χ1) is 9.91. The van der Waals surface area contributed by atoms with Gasteiger partial charge in [-0.3, -0.25) is 0 Å². The number of carbonyl (C=O) groups is 1. The van der Waals surface area contributed by atoms with Gasteiger partial charge in [0.15, 0.2) is 0 Å². The van der Waals surface area contributed by atoms with Gasteiger partial charge >= 0.3 is 5.97 Å². The molecule has 1 unspecified atom stereocenters. The highest BCUT2D eigenvalue weighted by molar-refractivity contribution is 6.39. The molecule has 6 nitrogen and oxygen atoms in total. The van der Waals surface area contributed by atoms with E-state index in [1.807, 2.05) is 0 Å². The number of ether oxygens (including phenoxy) is 1. The van der Waals surface area contributed by atoms with Crippen molar-refractivity contribution in [3.8, 4) is 5.88 Å². The summed E-state index contributed by atoms with van der Waals surface area (Å²) in [5.74, 6) is -2.56. The summed E-state index contributed by atoms with van der Waals surface area (Å²) in [5.41, 5.74) is 4.80. The van der Waals surface area contributed by atoms with E-state index in [4.69, 9.17) is 33.7 Å². The number of hydrogen-bond acceptors (Lipinski definition) is 5. The van der Waals surface area contributed by atoms with Crippen molar-refractivity contribution in [3.63, 3.8) is 0 Å². The van der Waals surface area contributed by atoms with Gasteiger partial charge in [0.05, 0.1) is 10.7 Å². The Hall–Kier alpha value is -2.12. The van der Waals surface area contributed by atoms with Gasteiger partial charge in [-0.2, -0.15) is 4.39 Å². The van der Waals surface area contributed by atoms with Crippen LogP contribution in [0.15, 0.2) is 24.4 Å². The van der Waals surface area contributed by atoms with Gasteiger partial charge in [0.25, 0.3) is 0 Å². The minimum atomic E-state index is -1.68. The molecule has 0 saturated carbocycles. The number of nitrogen functional groups attached to an aromatic ring is 1. The molecule has 0 saturated heterocycles. The van der Waals surface area contributed by atoms with E-state index in [0.717, 1.165) is 0 Å². The smallest absolute Gasteiger partial charge is 0.351 e. The first kappa shape index (κ1) is 15.3. The van der Waals surface area contributed by atoms with Crippen molar-refractivity contribution in [2.75, 3.05) is 5.73 Å². The predicted octanol–water partition coefficient (Wildman–Crippen LogP) is 2.71. The summed E-state index contributed by atoms with van der Waals surface area (Å²) in [7, 11) is 0. The van der Waals surface area contributed by atoms with Crippen LogP contribution in [0, 0.1) is 5.95 Å². The molecular formula is C12H8Cl2FN3O3. The molecule has 9 heteroatoms. The largest absolute Gasteiger partial charge is 0.478 e. The topological polar surface area (TPSA) is 98.3 Å². The van der Waals surface area contributed by atoms with Gasteiger partial charge in [-0.15, -0.1) is 0 Å². The van der Waals surface area contributed by atoms with Gasteiger partial charge in [-0.05, 0) is 6.07 Å². The highest BCUT2D eigenvalue weighted by atomic mass is 35.5. The van der Waals surface area contributed by atoms with Crippen LogP contribution in [-0.4, -0.2) is 21.0 Å². The van der Waals surface area contributed by atoms with Crippen molar-refractivity contribution < 1.29 is 19.0 Å². The fraction of sp³-hybridized carbons (Fsp3) is 0.0833. The number of halogens is 3. The number of aromatic nitrogens is 2. The maximum absolute atomic E-state index is 13.5. The second-order valence-electron chi connectivity index (χ2n) is 3.83. The number of rotatable bonds is 4. The highest BCUT2D eigenvalue weighted by Gasteiger charge is 2.30. The minimum absolute atomic E-state index is 0.0108. The van der Waals surface area contributed by atoms with Gasteiger partial charge < -0.3 is 15.6 Å². The van der Waals surface area contributed by atoms with Crippen LogP contribution in [0.2, 0.25) is 10.0 Å². The third-order valence-electron chi connectivity index (χ3n) is 2.45. The zero-order chi connectivity index (χ0) is 15.6. The number of carboxylic acids is 1. The number of aliphatic carboxylic acids is 1. The van der Waals surface area contributed by atoms with Crippen LogP contribution in [0.25, 0.3) is 0 Å². The van der Waals surface area contributed by atoms with Gasteiger partial charge in [-0.1, -0.05) is 29.3 Å². The molecule has 0 fully saturated rings. The number of pyridine rings is 2. The molecule has 0 aliphatic heterocycles. The molecule has 2 rings (SSSR count). The zero-order valence-corrected chi connectivity index (χ0v) is 11.8. The molecule has 110 valence electrons. The lowest BCUT2D eigenvalue weighted by atomic mass is 10.2. The third kappa shape index (κ3) is 3.14. The molecule has 2 heterocycles. The Labute approximate surface area is 128 Å². The minimum Gasteiger partial charge on any atom is -0.478 e. The molecule has 0 spiro atoms. The van der Waals surface area contributed by atoms with Crippen LogP contribution in [0.5, 0.6) is 5.88 Å². The summed E-state index contributed by atoms with van der Waals surface area (Å²) in [6.07, 6.45) is -0.276. The summed E-state index contributed by atoms with van der Waals surface area (Å²) in [6.45, 7) is 0. The number of anilines is 1. The molecule has 0 aliphatic carbocycles. The summed E-state index contributed by atoms with van der Waals surface area (Å²) in [5, 5.41) is 8.45.